The zero-order chi connectivity index (χ0) is 18.2. The SMILES string of the molecule is CCCC(C)NC(=O)c1ccc(OC)c(COc2ccc(C)cc2)c1. The third kappa shape index (κ3) is 5.52. The van der Waals surface area contributed by atoms with Gasteiger partial charge in [-0.3, -0.25) is 4.79 Å². The maximum Gasteiger partial charge on any atom is 0.251 e. The van der Waals surface area contributed by atoms with Gasteiger partial charge in [-0.2, -0.15) is 0 Å². The Morgan fingerprint density at radius 3 is 2.52 bits per heavy atom. The molecule has 0 aromatic heterocycles. The lowest BCUT2D eigenvalue weighted by molar-refractivity contribution is 0.0938. The Kier molecular flexibility index (Phi) is 6.87. The minimum atomic E-state index is -0.0693. The summed E-state index contributed by atoms with van der Waals surface area (Å²) in [4.78, 5) is 12.4. The number of hydrogen-bond acceptors (Lipinski definition) is 3. The first kappa shape index (κ1) is 18.8. The molecular weight excluding hydrogens is 314 g/mol. The Bertz CT molecular complexity index is 695. The number of benzene rings is 2. The van der Waals surface area contributed by atoms with E-state index < -0.39 is 0 Å². The van der Waals surface area contributed by atoms with Crippen molar-refractivity contribution in [2.24, 2.45) is 0 Å². The van der Waals surface area contributed by atoms with E-state index in [1.807, 2.05) is 50.2 Å². The summed E-state index contributed by atoms with van der Waals surface area (Å²) in [5, 5.41) is 3.02. The highest BCUT2D eigenvalue weighted by Crippen LogP contribution is 2.22. The standard InChI is InChI=1S/C21H27NO3/c1-5-6-16(3)22-21(23)17-9-12-20(24-4)18(13-17)14-25-19-10-7-15(2)8-11-19/h7-13,16H,5-6,14H2,1-4H3,(H,22,23). The molecule has 1 unspecified atom stereocenters. The normalized spacial score (nSPS) is 11.7. The third-order valence-electron chi connectivity index (χ3n) is 4.06. The molecule has 1 atom stereocenters. The first-order valence-electron chi connectivity index (χ1n) is 8.70. The summed E-state index contributed by atoms with van der Waals surface area (Å²) >= 11 is 0. The largest absolute Gasteiger partial charge is 0.496 e. The van der Waals surface area contributed by atoms with Gasteiger partial charge in [0, 0.05) is 17.2 Å². The monoisotopic (exact) mass is 341 g/mol. The molecule has 4 nitrogen and oxygen atoms in total. The van der Waals surface area contributed by atoms with Gasteiger partial charge in [0.15, 0.2) is 0 Å². The van der Waals surface area contributed by atoms with E-state index in [0.29, 0.717) is 17.9 Å². The van der Waals surface area contributed by atoms with Crippen molar-refractivity contribution in [2.75, 3.05) is 7.11 Å². The lowest BCUT2D eigenvalue weighted by Gasteiger charge is -2.15. The van der Waals surface area contributed by atoms with Crippen LogP contribution in [0.15, 0.2) is 42.5 Å². The van der Waals surface area contributed by atoms with Gasteiger partial charge in [-0.1, -0.05) is 31.0 Å². The van der Waals surface area contributed by atoms with Gasteiger partial charge in [0.1, 0.15) is 18.1 Å². The van der Waals surface area contributed by atoms with Crippen LogP contribution in [0.2, 0.25) is 0 Å². The van der Waals surface area contributed by atoms with Crippen LogP contribution in [0.5, 0.6) is 11.5 Å². The topological polar surface area (TPSA) is 47.6 Å². The lowest BCUT2D eigenvalue weighted by Crippen LogP contribution is -2.32. The minimum Gasteiger partial charge on any atom is -0.496 e. The molecule has 0 aliphatic heterocycles. The second-order valence-corrected chi connectivity index (χ2v) is 6.29. The molecule has 0 aliphatic carbocycles. The number of methoxy groups -OCH3 is 1. The maximum absolute atomic E-state index is 12.4. The van der Waals surface area contributed by atoms with Crippen molar-refractivity contribution in [3.8, 4) is 11.5 Å². The number of hydrogen-bond donors (Lipinski definition) is 1. The molecule has 0 spiro atoms. The van der Waals surface area contributed by atoms with Crippen molar-refractivity contribution in [3.63, 3.8) is 0 Å². The molecule has 2 rings (SSSR count). The maximum atomic E-state index is 12.4. The van der Waals surface area contributed by atoms with E-state index in [-0.39, 0.29) is 11.9 Å². The molecule has 1 amide bonds. The fraction of sp³-hybridized carbons (Fsp3) is 0.381. The molecule has 4 heteroatoms. The average Bonchev–Trinajstić information content (AvgIpc) is 2.61. The summed E-state index contributed by atoms with van der Waals surface area (Å²) in [7, 11) is 1.62. The number of carbonyl (C=O) groups excluding carboxylic acids is 1. The third-order valence-corrected chi connectivity index (χ3v) is 4.06. The summed E-state index contributed by atoms with van der Waals surface area (Å²) in [6, 6.07) is 13.5. The van der Waals surface area contributed by atoms with Crippen LogP contribution in [0.25, 0.3) is 0 Å². The first-order valence-corrected chi connectivity index (χ1v) is 8.70. The smallest absolute Gasteiger partial charge is 0.251 e. The van der Waals surface area contributed by atoms with Gasteiger partial charge in [0.05, 0.1) is 7.11 Å². The first-order chi connectivity index (χ1) is 12.0. The van der Waals surface area contributed by atoms with Crippen molar-refractivity contribution in [1.29, 1.82) is 0 Å². The summed E-state index contributed by atoms with van der Waals surface area (Å²) in [6.45, 7) is 6.51. The Morgan fingerprint density at radius 2 is 1.88 bits per heavy atom. The molecule has 2 aromatic rings. The number of nitrogens with one attached hydrogen (secondary N) is 1. The summed E-state index contributed by atoms with van der Waals surface area (Å²) in [5.74, 6) is 1.43. The van der Waals surface area contributed by atoms with Gasteiger partial charge < -0.3 is 14.8 Å². The average molecular weight is 341 g/mol. The van der Waals surface area contributed by atoms with Crippen LogP contribution in [-0.4, -0.2) is 19.1 Å². The molecule has 0 radical (unpaired) electrons. The van der Waals surface area contributed by atoms with Crippen LogP contribution in [0.1, 0.15) is 48.2 Å². The number of aryl methyl sites for hydroxylation is 1. The Hall–Kier alpha value is -2.49. The molecule has 25 heavy (non-hydrogen) atoms. The predicted molar refractivity (Wildman–Crippen MR) is 100 cm³/mol. The van der Waals surface area contributed by atoms with Gasteiger partial charge in [-0.25, -0.2) is 0 Å². The van der Waals surface area contributed by atoms with Crippen LogP contribution in [0.3, 0.4) is 0 Å². The number of ether oxygens (including phenoxy) is 2. The van der Waals surface area contributed by atoms with Gasteiger partial charge in [0.25, 0.3) is 5.91 Å². The van der Waals surface area contributed by atoms with Gasteiger partial charge >= 0.3 is 0 Å². The summed E-state index contributed by atoms with van der Waals surface area (Å²) in [5.41, 5.74) is 2.65. The molecule has 0 aliphatic rings. The molecule has 0 heterocycles. The Labute approximate surface area is 150 Å². The van der Waals surface area contributed by atoms with Crippen LogP contribution in [0, 0.1) is 6.92 Å². The minimum absolute atomic E-state index is 0.0693. The molecule has 134 valence electrons. The fourth-order valence-corrected chi connectivity index (χ4v) is 2.64. The molecule has 0 bridgehead atoms. The molecule has 0 saturated heterocycles. The lowest BCUT2D eigenvalue weighted by atomic mass is 10.1. The van der Waals surface area contributed by atoms with E-state index in [0.717, 1.165) is 24.2 Å². The van der Waals surface area contributed by atoms with E-state index in [1.54, 1.807) is 13.2 Å². The van der Waals surface area contributed by atoms with E-state index in [1.165, 1.54) is 5.56 Å². The van der Waals surface area contributed by atoms with Crippen LogP contribution >= 0.6 is 0 Å². The second kappa shape index (κ2) is 9.11. The van der Waals surface area contributed by atoms with E-state index in [4.69, 9.17) is 9.47 Å². The van der Waals surface area contributed by atoms with E-state index >= 15 is 0 Å². The highest BCUT2D eigenvalue weighted by atomic mass is 16.5. The van der Waals surface area contributed by atoms with Crippen molar-refractivity contribution in [2.45, 2.75) is 46.3 Å². The number of rotatable bonds is 8. The fourth-order valence-electron chi connectivity index (χ4n) is 2.64. The highest BCUT2D eigenvalue weighted by Gasteiger charge is 2.13. The van der Waals surface area contributed by atoms with Crippen molar-refractivity contribution >= 4 is 5.91 Å². The van der Waals surface area contributed by atoms with Crippen molar-refractivity contribution < 1.29 is 14.3 Å². The van der Waals surface area contributed by atoms with Crippen molar-refractivity contribution in [1.82, 2.24) is 5.32 Å². The molecule has 0 fully saturated rings. The zero-order valence-electron chi connectivity index (χ0n) is 15.5. The predicted octanol–water partition coefficient (Wildman–Crippen LogP) is 4.50. The molecule has 0 saturated carbocycles. The van der Waals surface area contributed by atoms with E-state index in [2.05, 4.69) is 12.2 Å². The van der Waals surface area contributed by atoms with E-state index in [9.17, 15) is 4.79 Å². The zero-order valence-corrected chi connectivity index (χ0v) is 15.5. The van der Waals surface area contributed by atoms with Crippen LogP contribution in [0.4, 0.5) is 0 Å². The van der Waals surface area contributed by atoms with Gasteiger partial charge in [0.2, 0.25) is 0 Å². The quantitative estimate of drug-likeness (QED) is 0.769. The Balaban J connectivity index is 2.10. The second-order valence-electron chi connectivity index (χ2n) is 6.29. The number of amides is 1. The van der Waals surface area contributed by atoms with Crippen LogP contribution < -0.4 is 14.8 Å². The summed E-state index contributed by atoms with van der Waals surface area (Å²) in [6.07, 6.45) is 2.00. The number of carbonyl (C=O) groups is 1. The van der Waals surface area contributed by atoms with Gasteiger partial charge in [-0.15, -0.1) is 0 Å². The highest BCUT2D eigenvalue weighted by molar-refractivity contribution is 5.94. The molecule has 2 aromatic carbocycles. The van der Waals surface area contributed by atoms with Crippen molar-refractivity contribution in [3.05, 3.63) is 59.2 Å². The Morgan fingerprint density at radius 1 is 1.16 bits per heavy atom. The summed E-state index contributed by atoms with van der Waals surface area (Å²) < 4.78 is 11.2. The van der Waals surface area contributed by atoms with Crippen LogP contribution in [-0.2, 0) is 6.61 Å². The van der Waals surface area contributed by atoms with Gasteiger partial charge in [-0.05, 0) is 50.6 Å². The molecule has 1 N–H and O–H groups in total. The molecular formula is C21H27NO3.